The highest BCUT2D eigenvalue weighted by Crippen LogP contribution is 2.42. The molecule has 4 heterocycles. The summed E-state index contributed by atoms with van der Waals surface area (Å²) in [5, 5.41) is 28.2. The second-order valence-electron chi connectivity index (χ2n) is 11.9. The van der Waals surface area contributed by atoms with Gasteiger partial charge in [0.2, 0.25) is 5.92 Å². The fourth-order valence-electron chi connectivity index (χ4n) is 6.02. The van der Waals surface area contributed by atoms with Crippen molar-refractivity contribution in [1.82, 2.24) is 45.4 Å². The third kappa shape index (κ3) is 7.00. The van der Waals surface area contributed by atoms with Gasteiger partial charge in [0.1, 0.15) is 11.9 Å². The van der Waals surface area contributed by atoms with Crippen molar-refractivity contribution < 1.29 is 41.6 Å². The topological polar surface area (TPSA) is 173 Å². The molecule has 14 nitrogen and oxygen atoms in total. The Balaban J connectivity index is 1.48. The molecule has 0 aromatic carbocycles. The van der Waals surface area contributed by atoms with Crippen molar-refractivity contribution in [2.75, 3.05) is 26.7 Å². The van der Waals surface area contributed by atoms with Crippen molar-refractivity contribution >= 4 is 17.8 Å². The van der Waals surface area contributed by atoms with Crippen LogP contribution >= 0.6 is 0 Å². The summed E-state index contributed by atoms with van der Waals surface area (Å²) in [6.07, 6.45) is 0.692. The van der Waals surface area contributed by atoms with Crippen LogP contribution < -0.4 is 10.6 Å². The quantitative estimate of drug-likeness (QED) is 0.232. The Bertz CT molecular complexity index is 1510. The molecule has 2 fully saturated rings. The van der Waals surface area contributed by atoms with Crippen LogP contribution in [0, 0.1) is 12.8 Å². The highest BCUT2D eigenvalue weighted by molar-refractivity contribution is 5.93. The number of carbonyl (C=O) groups excluding carboxylic acids is 2. The lowest BCUT2D eigenvalue weighted by atomic mass is 9.74. The number of aliphatic hydroxyl groups excluding tert-OH is 1. The van der Waals surface area contributed by atoms with E-state index >= 15 is 0 Å². The van der Waals surface area contributed by atoms with E-state index in [1.807, 2.05) is 0 Å². The molecule has 1 unspecified atom stereocenters. The van der Waals surface area contributed by atoms with Crippen molar-refractivity contribution in [2.45, 2.75) is 81.9 Å². The van der Waals surface area contributed by atoms with Gasteiger partial charge in [0, 0.05) is 32.9 Å². The van der Waals surface area contributed by atoms with Crippen molar-refractivity contribution in [3.63, 3.8) is 0 Å². The normalized spacial score (nSPS) is 20.1. The molecule has 0 radical (unpaired) electrons. The Hall–Kier alpha value is -3.93. The van der Waals surface area contributed by atoms with Crippen LogP contribution in [0.25, 0.3) is 5.78 Å². The number of fused-ring (bicyclic) bond motifs is 1. The van der Waals surface area contributed by atoms with Crippen molar-refractivity contribution in [3.05, 3.63) is 35.2 Å². The molecular weight excluding hydrogens is 606 g/mol. The number of carbonyl (C=O) groups is 2. The van der Waals surface area contributed by atoms with E-state index in [0.29, 0.717) is 5.69 Å². The van der Waals surface area contributed by atoms with Crippen LogP contribution in [0.4, 0.5) is 22.4 Å². The van der Waals surface area contributed by atoms with Gasteiger partial charge in [-0.25, -0.2) is 41.5 Å². The number of piperidine rings is 1. The molecule has 5 rings (SSSR count). The predicted molar refractivity (Wildman–Crippen MR) is 146 cm³/mol. The molecule has 1 saturated heterocycles. The van der Waals surface area contributed by atoms with Crippen LogP contribution in [-0.2, 0) is 10.2 Å². The molecule has 0 spiro atoms. The first-order chi connectivity index (χ1) is 21.2. The number of methoxy groups -OCH3 is 1. The minimum Gasteiger partial charge on any atom is -0.453 e. The number of hydrogen-bond donors (Lipinski definition) is 3. The minimum atomic E-state index is -3.11. The molecule has 1 aliphatic carbocycles. The summed E-state index contributed by atoms with van der Waals surface area (Å²) in [6.45, 7) is 1.76. The summed E-state index contributed by atoms with van der Waals surface area (Å²) < 4.78 is 66.3. The number of imidazole rings is 1. The van der Waals surface area contributed by atoms with E-state index < -0.39 is 54.0 Å². The van der Waals surface area contributed by atoms with Gasteiger partial charge < -0.3 is 20.1 Å². The highest BCUT2D eigenvalue weighted by Gasteiger charge is 2.46. The van der Waals surface area contributed by atoms with E-state index in [-0.39, 0.29) is 74.5 Å². The highest BCUT2D eigenvalue weighted by atomic mass is 19.3. The van der Waals surface area contributed by atoms with Crippen LogP contribution in [0.1, 0.15) is 79.1 Å². The minimum absolute atomic E-state index is 0.0529. The SMILES string of the molecule is COC(=O)N1CCC(c2cnn3cc([C@@H](NC(=O)c4nonc4C)C4CCC(F)(F)CC4)nc3n2)(C(O)NCC(C)(F)F)CC1. The molecular formula is C27H35F4N9O5. The number of aryl methyl sites for hydroxylation is 1. The Kier molecular flexibility index (Phi) is 8.99. The van der Waals surface area contributed by atoms with Gasteiger partial charge in [-0.1, -0.05) is 5.16 Å². The molecule has 1 aliphatic heterocycles. The summed E-state index contributed by atoms with van der Waals surface area (Å²) >= 11 is 0. The largest absolute Gasteiger partial charge is 0.453 e. The number of ether oxygens (including phenoxy) is 1. The molecule has 3 aromatic rings. The zero-order chi connectivity index (χ0) is 32.6. The fourth-order valence-corrected chi connectivity index (χ4v) is 6.02. The number of halogens is 4. The summed E-state index contributed by atoms with van der Waals surface area (Å²) in [4.78, 5) is 35.9. The van der Waals surface area contributed by atoms with Crippen LogP contribution in [0.2, 0.25) is 0 Å². The van der Waals surface area contributed by atoms with E-state index in [2.05, 4.69) is 40.6 Å². The molecule has 3 aromatic heterocycles. The van der Waals surface area contributed by atoms with E-state index in [1.165, 1.54) is 35.8 Å². The van der Waals surface area contributed by atoms with Gasteiger partial charge in [0.25, 0.3) is 17.6 Å². The maximum atomic E-state index is 14.0. The first-order valence-corrected chi connectivity index (χ1v) is 14.5. The zero-order valence-corrected chi connectivity index (χ0v) is 25.0. The van der Waals surface area contributed by atoms with Gasteiger partial charge in [0.05, 0.1) is 48.9 Å². The van der Waals surface area contributed by atoms with E-state index in [1.54, 1.807) is 0 Å². The first kappa shape index (κ1) is 32.5. The molecule has 3 N–H and O–H groups in total. The summed E-state index contributed by atoms with van der Waals surface area (Å²) in [6, 6.07) is -0.812. The number of nitrogens with zero attached hydrogens (tertiary/aromatic N) is 7. The Morgan fingerprint density at radius 3 is 2.47 bits per heavy atom. The number of likely N-dealkylation sites (tertiary alicyclic amines) is 1. The molecule has 45 heavy (non-hydrogen) atoms. The lowest BCUT2D eigenvalue weighted by Gasteiger charge is -2.43. The van der Waals surface area contributed by atoms with Crippen LogP contribution in [0.5, 0.6) is 0 Å². The number of amides is 2. The number of alkyl halides is 4. The van der Waals surface area contributed by atoms with E-state index in [0.717, 1.165) is 6.92 Å². The summed E-state index contributed by atoms with van der Waals surface area (Å²) in [5.74, 6) is -6.85. The second-order valence-corrected chi connectivity index (χ2v) is 11.9. The first-order valence-electron chi connectivity index (χ1n) is 14.5. The van der Waals surface area contributed by atoms with Crippen LogP contribution in [0.15, 0.2) is 17.0 Å². The van der Waals surface area contributed by atoms with Gasteiger partial charge in [-0.05, 0) is 43.7 Å². The number of nitrogens with one attached hydrogen (secondary N) is 2. The Morgan fingerprint density at radius 2 is 1.87 bits per heavy atom. The van der Waals surface area contributed by atoms with E-state index in [4.69, 9.17) is 4.74 Å². The van der Waals surface area contributed by atoms with Gasteiger partial charge in [0.15, 0.2) is 5.69 Å². The molecule has 2 aliphatic rings. The van der Waals surface area contributed by atoms with E-state index in [9.17, 15) is 32.3 Å². The lowest BCUT2D eigenvalue weighted by molar-refractivity contribution is -0.0495. The molecule has 0 bridgehead atoms. The van der Waals surface area contributed by atoms with Crippen LogP contribution in [0.3, 0.4) is 0 Å². The average Bonchev–Trinajstić information content (AvgIpc) is 3.63. The third-order valence-corrected chi connectivity index (χ3v) is 8.65. The van der Waals surface area contributed by atoms with Gasteiger partial charge in [-0.3, -0.25) is 10.1 Å². The molecule has 1 saturated carbocycles. The molecule has 2 amide bonds. The van der Waals surface area contributed by atoms with Crippen molar-refractivity contribution in [3.8, 4) is 0 Å². The summed E-state index contributed by atoms with van der Waals surface area (Å²) in [5.41, 5.74) is -0.470. The van der Waals surface area contributed by atoms with Gasteiger partial charge in [-0.2, -0.15) is 5.10 Å². The van der Waals surface area contributed by atoms with Crippen molar-refractivity contribution in [1.29, 1.82) is 0 Å². The zero-order valence-electron chi connectivity index (χ0n) is 25.0. The second kappa shape index (κ2) is 12.5. The average molecular weight is 642 g/mol. The number of aromatic nitrogens is 6. The van der Waals surface area contributed by atoms with Gasteiger partial charge in [-0.15, -0.1) is 0 Å². The lowest BCUT2D eigenvalue weighted by Crippen LogP contribution is -2.57. The summed E-state index contributed by atoms with van der Waals surface area (Å²) in [7, 11) is 1.25. The third-order valence-electron chi connectivity index (χ3n) is 8.65. The van der Waals surface area contributed by atoms with Crippen LogP contribution in [-0.4, -0.2) is 96.7 Å². The van der Waals surface area contributed by atoms with Crippen molar-refractivity contribution in [2.24, 2.45) is 5.92 Å². The fraction of sp³-hybridized carbons (Fsp3) is 0.667. The number of hydrogen-bond acceptors (Lipinski definition) is 11. The molecule has 18 heteroatoms. The predicted octanol–water partition coefficient (Wildman–Crippen LogP) is 2.78. The monoisotopic (exact) mass is 641 g/mol. The smallest absolute Gasteiger partial charge is 0.409 e. The standard InChI is InChI=1S/C27H35F4N9O5/c1-15-19(38-45-37-15)21(41)36-20(16-4-6-27(30,31)7-5-16)17-13-40-23(34-17)35-18(12-33-40)26(22(42)32-14-25(2,28)29)8-10-39(11-9-26)24(43)44-3/h12-13,16,20,22,32,42H,4-11,14H2,1-3H3,(H,36,41)/t20-,22?/m0/s1. The molecule has 246 valence electrons. The number of aliphatic hydroxyl groups is 1. The Labute approximate surface area is 254 Å². The maximum absolute atomic E-state index is 14.0. The number of rotatable bonds is 9. The van der Waals surface area contributed by atoms with Gasteiger partial charge >= 0.3 is 6.09 Å². The maximum Gasteiger partial charge on any atom is 0.409 e. The molecule has 2 atom stereocenters. The Morgan fingerprint density at radius 1 is 1.18 bits per heavy atom.